The lowest BCUT2D eigenvalue weighted by Gasteiger charge is -2.15. The van der Waals surface area contributed by atoms with Gasteiger partial charge in [-0.3, -0.25) is 14.4 Å². The fraction of sp³-hybridized carbons (Fsp3) is 0.211. The Balaban J connectivity index is 1.84. The minimum absolute atomic E-state index is 0.166. The number of amides is 2. The number of hydrogen-bond acceptors (Lipinski definition) is 4. The number of carbonyl (C=O) groups excluding carboxylic acids is 3. The van der Waals surface area contributed by atoms with Crippen LogP contribution in [-0.4, -0.2) is 30.4 Å². The maximum absolute atomic E-state index is 12.1. The van der Waals surface area contributed by atoms with Crippen molar-refractivity contribution in [1.82, 2.24) is 5.32 Å². The molecule has 27 heavy (non-hydrogen) atoms. The van der Waals surface area contributed by atoms with Crippen molar-refractivity contribution in [3.63, 3.8) is 0 Å². The Morgan fingerprint density at radius 3 is 2.48 bits per heavy atom. The maximum atomic E-state index is 12.1. The van der Waals surface area contributed by atoms with Gasteiger partial charge in [0.15, 0.2) is 6.10 Å². The predicted octanol–water partition coefficient (Wildman–Crippen LogP) is 3.60. The van der Waals surface area contributed by atoms with Gasteiger partial charge in [-0.15, -0.1) is 0 Å². The number of ether oxygens (including phenoxy) is 1. The number of anilines is 1. The smallest absolute Gasteiger partial charge is 0.326 e. The summed E-state index contributed by atoms with van der Waals surface area (Å²) in [6.45, 7) is 2.90. The van der Waals surface area contributed by atoms with Crippen molar-refractivity contribution in [2.75, 3.05) is 11.9 Å². The van der Waals surface area contributed by atoms with Crippen LogP contribution in [0.4, 0.5) is 5.69 Å². The molecule has 0 saturated heterocycles. The van der Waals surface area contributed by atoms with Gasteiger partial charge >= 0.3 is 5.97 Å². The van der Waals surface area contributed by atoms with Crippen molar-refractivity contribution in [2.45, 2.75) is 20.0 Å². The topological polar surface area (TPSA) is 84.5 Å². The average molecular weight is 409 g/mol. The Kier molecular flexibility index (Phi) is 7.21. The Bertz CT molecular complexity index is 871. The molecule has 0 fully saturated rings. The second kappa shape index (κ2) is 9.39. The molecule has 0 aliphatic rings. The number of halogens is 2. The van der Waals surface area contributed by atoms with E-state index in [1.54, 1.807) is 12.1 Å². The number of rotatable bonds is 6. The first-order valence-electron chi connectivity index (χ1n) is 8.07. The first-order chi connectivity index (χ1) is 12.8. The van der Waals surface area contributed by atoms with Crippen molar-refractivity contribution < 1.29 is 19.1 Å². The van der Waals surface area contributed by atoms with Gasteiger partial charge < -0.3 is 15.4 Å². The van der Waals surface area contributed by atoms with Gasteiger partial charge in [-0.25, -0.2) is 0 Å². The second-order valence-electron chi connectivity index (χ2n) is 5.74. The maximum Gasteiger partial charge on any atom is 0.326 e. The van der Waals surface area contributed by atoms with Gasteiger partial charge in [-0.1, -0.05) is 41.4 Å². The van der Waals surface area contributed by atoms with E-state index in [1.807, 2.05) is 19.1 Å². The molecule has 0 aliphatic carbocycles. The van der Waals surface area contributed by atoms with Crippen LogP contribution in [-0.2, 0) is 14.3 Å². The van der Waals surface area contributed by atoms with E-state index in [0.29, 0.717) is 10.7 Å². The Morgan fingerprint density at radius 2 is 1.81 bits per heavy atom. The summed E-state index contributed by atoms with van der Waals surface area (Å²) in [6.07, 6.45) is -1.02. The highest BCUT2D eigenvalue weighted by molar-refractivity contribution is 6.36. The van der Waals surface area contributed by atoms with Crippen LogP contribution in [0.25, 0.3) is 0 Å². The minimum Gasteiger partial charge on any atom is -0.451 e. The van der Waals surface area contributed by atoms with Crippen molar-refractivity contribution in [3.8, 4) is 0 Å². The molecule has 2 amide bonds. The summed E-state index contributed by atoms with van der Waals surface area (Å²) in [6, 6.07) is 11.6. The third-order valence-corrected chi connectivity index (χ3v) is 4.20. The van der Waals surface area contributed by atoms with Crippen molar-refractivity contribution >= 4 is 46.7 Å². The van der Waals surface area contributed by atoms with Gasteiger partial charge in [0.2, 0.25) is 0 Å². The third-order valence-electron chi connectivity index (χ3n) is 3.65. The van der Waals surface area contributed by atoms with Gasteiger partial charge in [0, 0.05) is 10.7 Å². The molecule has 1 unspecified atom stereocenters. The highest BCUT2D eigenvalue weighted by Crippen LogP contribution is 2.20. The van der Waals surface area contributed by atoms with E-state index in [4.69, 9.17) is 27.9 Å². The standard InChI is InChI=1S/C19H18Cl2N2O4/c1-11-5-3-4-6-16(11)23-18(25)12(2)27-17(24)10-22-19(26)14-8-7-13(20)9-15(14)21/h3-9,12H,10H2,1-2H3,(H,22,26)(H,23,25). The van der Waals surface area contributed by atoms with Crippen LogP contribution in [0, 0.1) is 6.92 Å². The number of benzene rings is 2. The largest absolute Gasteiger partial charge is 0.451 e. The number of carbonyl (C=O) groups is 3. The van der Waals surface area contributed by atoms with Crippen molar-refractivity contribution in [2.24, 2.45) is 0 Å². The molecule has 0 radical (unpaired) electrons. The zero-order chi connectivity index (χ0) is 20.0. The average Bonchev–Trinajstić information content (AvgIpc) is 2.61. The summed E-state index contributed by atoms with van der Waals surface area (Å²) in [5.74, 6) is -1.77. The summed E-state index contributed by atoms with van der Waals surface area (Å²) >= 11 is 11.7. The van der Waals surface area contributed by atoms with Gasteiger partial charge in [-0.2, -0.15) is 0 Å². The van der Waals surface area contributed by atoms with E-state index < -0.39 is 30.4 Å². The molecule has 0 saturated carbocycles. The molecule has 2 rings (SSSR count). The summed E-state index contributed by atoms with van der Waals surface area (Å²) in [4.78, 5) is 36.1. The van der Waals surface area contributed by atoms with Gasteiger partial charge in [0.1, 0.15) is 6.54 Å². The van der Waals surface area contributed by atoms with Gasteiger partial charge in [0.25, 0.3) is 11.8 Å². The van der Waals surface area contributed by atoms with E-state index in [0.717, 1.165) is 5.56 Å². The summed E-state index contributed by atoms with van der Waals surface area (Å²) in [7, 11) is 0. The Hall–Kier alpha value is -2.57. The van der Waals surface area contributed by atoms with E-state index in [9.17, 15) is 14.4 Å². The molecule has 8 heteroatoms. The minimum atomic E-state index is -1.02. The van der Waals surface area contributed by atoms with E-state index in [2.05, 4.69) is 10.6 Å². The highest BCUT2D eigenvalue weighted by atomic mass is 35.5. The van der Waals surface area contributed by atoms with Crippen LogP contribution in [0.1, 0.15) is 22.8 Å². The molecule has 1 atom stereocenters. The van der Waals surface area contributed by atoms with Crippen molar-refractivity contribution in [1.29, 1.82) is 0 Å². The second-order valence-corrected chi connectivity index (χ2v) is 6.59. The zero-order valence-electron chi connectivity index (χ0n) is 14.7. The lowest BCUT2D eigenvalue weighted by molar-refractivity contribution is -0.152. The summed E-state index contributed by atoms with van der Waals surface area (Å²) in [5, 5.41) is 5.63. The van der Waals surface area contributed by atoms with E-state index in [-0.39, 0.29) is 10.6 Å². The molecule has 0 aliphatic heterocycles. The predicted molar refractivity (Wildman–Crippen MR) is 104 cm³/mol. The van der Waals surface area contributed by atoms with Crippen LogP contribution in [0.15, 0.2) is 42.5 Å². The van der Waals surface area contributed by atoms with Gasteiger partial charge in [0.05, 0.1) is 10.6 Å². The SMILES string of the molecule is Cc1ccccc1NC(=O)C(C)OC(=O)CNC(=O)c1ccc(Cl)cc1Cl. The molecule has 2 aromatic rings. The highest BCUT2D eigenvalue weighted by Gasteiger charge is 2.19. The summed E-state index contributed by atoms with van der Waals surface area (Å²) < 4.78 is 5.04. The van der Waals surface area contributed by atoms with E-state index in [1.165, 1.54) is 25.1 Å². The molecule has 142 valence electrons. The number of hydrogen-bond donors (Lipinski definition) is 2. The van der Waals surface area contributed by atoms with Crippen molar-refractivity contribution in [3.05, 3.63) is 63.6 Å². The van der Waals surface area contributed by atoms with Crippen LogP contribution in [0.2, 0.25) is 10.0 Å². The van der Waals surface area contributed by atoms with Crippen LogP contribution < -0.4 is 10.6 Å². The lowest BCUT2D eigenvalue weighted by atomic mass is 10.2. The molecule has 6 nitrogen and oxygen atoms in total. The Morgan fingerprint density at radius 1 is 1.11 bits per heavy atom. The summed E-state index contributed by atoms with van der Waals surface area (Å²) in [5.41, 5.74) is 1.70. The van der Waals surface area contributed by atoms with Crippen LogP contribution >= 0.6 is 23.2 Å². The molecule has 2 aromatic carbocycles. The Labute approximate surface area is 166 Å². The number of aryl methyl sites for hydroxylation is 1. The molecule has 2 N–H and O–H groups in total. The number of para-hydroxylation sites is 1. The quantitative estimate of drug-likeness (QED) is 0.714. The molecular weight excluding hydrogens is 391 g/mol. The van der Waals surface area contributed by atoms with Gasteiger partial charge in [-0.05, 0) is 43.7 Å². The van der Waals surface area contributed by atoms with Crippen LogP contribution in [0.3, 0.4) is 0 Å². The number of nitrogens with one attached hydrogen (secondary N) is 2. The van der Waals surface area contributed by atoms with E-state index >= 15 is 0 Å². The zero-order valence-corrected chi connectivity index (χ0v) is 16.2. The lowest BCUT2D eigenvalue weighted by Crippen LogP contribution is -2.36. The molecule has 0 spiro atoms. The monoisotopic (exact) mass is 408 g/mol. The number of esters is 1. The molecule has 0 aromatic heterocycles. The third kappa shape index (κ3) is 5.98. The fourth-order valence-corrected chi connectivity index (χ4v) is 2.66. The first-order valence-corrected chi connectivity index (χ1v) is 8.82. The molecule has 0 heterocycles. The fourth-order valence-electron chi connectivity index (χ4n) is 2.16. The normalized spacial score (nSPS) is 11.4. The first kappa shape index (κ1) is 20.7. The molecule has 0 bridgehead atoms. The van der Waals surface area contributed by atoms with Crippen LogP contribution in [0.5, 0.6) is 0 Å². The molecular formula is C19H18Cl2N2O4.